The van der Waals surface area contributed by atoms with Gasteiger partial charge in [0, 0.05) is 39.2 Å². The van der Waals surface area contributed by atoms with Gasteiger partial charge >= 0.3 is 6.03 Å². The van der Waals surface area contributed by atoms with Crippen LogP contribution in [0.2, 0.25) is 0 Å². The first-order chi connectivity index (χ1) is 14.3. The molecular weight excluding hydrogens is 408 g/mol. The number of ether oxygens (including phenoxy) is 2. The number of carbonyl (C=O) groups excluding carboxylic acids is 1. The topological polar surface area (TPSA) is 100 Å². The number of carbonyl (C=O) groups is 1. The third-order valence-electron chi connectivity index (χ3n) is 5.79. The normalized spacial score (nSPS) is 21.0. The number of nitrogens with zero attached hydrogens (tertiary/aromatic N) is 2. The average Bonchev–Trinajstić information content (AvgIpc) is 3.42. The van der Waals surface area contributed by atoms with E-state index >= 15 is 0 Å². The van der Waals surface area contributed by atoms with Gasteiger partial charge < -0.3 is 20.1 Å². The molecule has 1 aromatic carbocycles. The summed E-state index contributed by atoms with van der Waals surface area (Å²) in [4.78, 5) is 15.1. The number of hydrogen-bond acceptors (Lipinski definition) is 6. The smallest absolute Gasteiger partial charge is 0.319 e. The van der Waals surface area contributed by atoms with E-state index in [4.69, 9.17) is 9.47 Å². The highest BCUT2D eigenvalue weighted by molar-refractivity contribution is 7.89. The van der Waals surface area contributed by atoms with Crippen LogP contribution in [0.4, 0.5) is 10.5 Å². The Hall–Kier alpha value is -1.88. The number of methoxy groups -OCH3 is 1. The van der Waals surface area contributed by atoms with Crippen LogP contribution in [0, 0.1) is 5.92 Å². The molecule has 0 aromatic heterocycles. The molecule has 0 unspecified atom stereocenters. The Morgan fingerprint density at radius 3 is 2.67 bits per heavy atom. The van der Waals surface area contributed by atoms with Crippen LogP contribution in [0.15, 0.2) is 23.1 Å². The second-order valence-electron chi connectivity index (χ2n) is 7.92. The highest BCUT2D eigenvalue weighted by Crippen LogP contribution is 2.28. The highest BCUT2D eigenvalue weighted by Gasteiger charge is 2.32. The summed E-state index contributed by atoms with van der Waals surface area (Å²) in [7, 11) is 0.778. The standard InChI is InChI=1S/C20H32N4O5S/c1-23(2)30(26,27)16-6-7-19(28-3)17(12-16)22-20(25)21-13-18(15-8-11-29-14-15)24-9-4-5-10-24/h6-7,12,15,18H,4-5,8-11,13-14H2,1-3H3,(H2,21,22,25)/t15-,18-/m0/s1. The van der Waals surface area contributed by atoms with Gasteiger partial charge in [-0.3, -0.25) is 4.90 Å². The molecule has 2 amide bonds. The van der Waals surface area contributed by atoms with Crippen molar-refractivity contribution in [2.45, 2.75) is 30.2 Å². The average molecular weight is 441 g/mol. The minimum absolute atomic E-state index is 0.0849. The van der Waals surface area contributed by atoms with Crippen molar-refractivity contribution in [2.24, 2.45) is 5.92 Å². The molecule has 2 heterocycles. The lowest BCUT2D eigenvalue weighted by molar-refractivity contribution is 0.135. The van der Waals surface area contributed by atoms with Crippen LogP contribution in [0.3, 0.4) is 0 Å². The Labute approximate surface area is 178 Å². The summed E-state index contributed by atoms with van der Waals surface area (Å²) in [5, 5.41) is 5.70. The second-order valence-corrected chi connectivity index (χ2v) is 10.1. The first kappa shape index (κ1) is 22.8. The van der Waals surface area contributed by atoms with Gasteiger partial charge in [-0.1, -0.05) is 0 Å². The third kappa shape index (κ3) is 5.23. The molecule has 9 nitrogen and oxygen atoms in total. The number of benzene rings is 1. The monoisotopic (exact) mass is 440 g/mol. The lowest BCUT2D eigenvalue weighted by atomic mass is 9.97. The fourth-order valence-corrected chi connectivity index (χ4v) is 4.97. The zero-order valence-electron chi connectivity index (χ0n) is 17.9. The number of rotatable bonds is 8. The summed E-state index contributed by atoms with van der Waals surface area (Å²) in [5.74, 6) is 0.801. The minimum Gasteiger partial charge on any atom is -0.495 e. The van der Waals surface area contributed by atoms with Gasteiger partial charge in [0.05, 0.1) is 24.3 Å². The first-order valence-corrected chi connectivity index (χ1v) is 11.7. The number of nitrogens with one attached hydrogen (secondary N) is 2. The van der Waals surface area contributed by atoms with Gasteiger partial charge in [0.1, 0.15) is 5.75 Å². The first-order valence-electron chi connectivity index (χ1n) is 10.3. The lowest BCUT2D eigenvalue weighted by Crippen LogP contribution is -2.48. The van der Waals surface area contributed by atoms with E-state index in [0.29, 0.717) is 23.9 Å². The van der Waals surface area contributed by atoms with Crippen LogP contribution in [-0.4, -0.2) is 83.7 Å². The van der Waals surface area contributed by atoms with Crippen molar-refractivity contribution < 1.29 is 22.7 Å². The fraction of sp³-hybridized carbons (Fsp3) is 0.650. The quantitative estimate of drug-likeness (QED) is 0.637. The van der Waals surface area contributed by atoms with Crippen molar-refractivity contribution in [3.05, 3.63) is 18.2 Å². The predicted molar refractivity (Wildman–Crippen MR) is 114 cm³/mol. The number of likely N-dealkylation sites (tertiary alicyclic amines) is 1. The number of sulfonamides is 1. The summed E-state index contributed by atoms with van der Waals surface area (Å²) in [6.07, 6.45) is 3.37. The zero-order valence-corrected chi connectivity index (χ0v) is 18.7. The molecule has 30 heavy (non-hydrogen) atoms. The summed E-state index contributed by atoms with van der Waals surface area (Å²) >= 11 is 0. The second kappa shape index (κ2) is 9.95. The lowest BCUT2D eigenvalue weighted by Gasteiger charge is -2.32. The van der Waals surface area contributed by atoms with Crippen molar-refractivity contribution in [1.29, 1.82) is 0 Å². The maximum atomic E-state index is 12.6. The van der Waals surface area contributed by atoms with Gasteiger partial charge in [-0.15, -0.1) is 0 Å². The summed E-state index contributed by atoms with van der Waals surface area (Å²) in [6.45, 7) is 4.09. The van der Waals surface area contributed by atoms with Gasteiger partial charge in [-0.2, -0.15) is 0 Å². The van der Waals surface area contributed by atoms with Crippen molar-refractivity contribution >= 4 is 21.7 Å². The van der Waals surface area contributed by atoms with Gasteiger partial charge in [0.15, 0.2) is 0 Å². The molecule has 2 saturated heterocycles. The van der Waals surface area contributed by atoms with E-state index in [1.165, 1.54) is 52.2 Å². The van der Waals surface area contributed by atoms with E-state index in [1.54, 1.807) is 0 Å². The molecule has 2 fully saturated rings. The van der Waals surface area contributed by atoms with E-state index in [-0.39, 0.29) is 10.9 Å². The van der Waals surface area contributed by atoms with Crippen LogP contribution in [0.25, 0.3) is 0 Å². The van der Waals surface area contributed by atoms with E-state index in [0.717, 1.165) is 37.0 Å². The van der Waals surface area contributed by atoms with E-state index in [1.807, 2.05) is 0 Å². The Morgan fingerprint density at radius 1 is 1.33 bits per heavy atom. The summed E-state index contributed by atoms with van der Waals surface area (Å²) in [5.41, 5.74) is 0.305. The predicted octanol–water partition coefficient (Wildman–Crippen LogP) is 1.57. The van der Waals surface area contributed by atoms with Gasteiger partial charge in [0.2, 0.25) is 10.0 Å². The molecule has 2 aliphatic heterocycles. The molecule has 0 spiro atoms. The third-order valence-corrected chi connectivity index (χ3v) is 7.60. The van der Waals surface area contributed by atoms with Crippen LogP contribution in [-0.2, 0) is 14.8 Å². The Bertz CT molecular complexity index is 818. The largest absolute Gasteiger partial charge is 0.495 e. The molecule has 2 atom stereocenters. The van der Waals surface area contributed by atoms with Gasteiger partial charge in [0.25, 0.3) is 0 Å². The molecule has 0 aliphatic carbocycles. The molecule has 168 valence electrons. The van der Waals surface area contributed by atoms with E-state index in [2.05, 4.69) is 15.5 Å². The van der Waals surface area contributed by atoms with Crippen molar-refractivity contribution in [3.8, 4) is 5.75 Å². The molecule has 0 bridgehead atoms. The van der Waals surface area contributed by atoms with Crippen LogP contribution < -0.4 is 15.4 Å². The Balaban J connectivity index is 1.68. The summed E-state index contributed by atoms with van der Waals surface area (Å²) < 4.78 is 36.8. The number of hydrogen-bond donors (Lipinski definition) is 2. The van der Waals surface area contributed by atoms with Crippen LogP contribution in [0.5, 0.6) is 5.75 Å². The molecule has 3 rings (SSSR count). The number of amides is 2. The molecular formula is C20H32N4O5S. The highest BCUT2D eigenvalue weighted by atomic mass is 32.2. The fourth-order valence-electron chi connectivity index (χ4n) is 4.04. The molecule has 0 saturated carbocycles. The minimum atomic E-state index is -3.62. The molecule has 2 N–H and O–H groups in total. The van der Waals surface area contributed by atoms with Crippen molar-refractivity contribution in [1.82, 2.24) is 14.5 Å². The van der Waals surface area contributed by atoms with E-state index < -0.39 is 16.1 Å². The number of anilines is 1. The van der Waals surface area contributed by atoms with Gasteiger partial charge in [-0.25, -0.2) is 17.5 Å². The Kier molecular flexibility index (Phi) is 7.56. The SMILES string of the molecule is COc1ccc(S(=O)(=O)N(C)C)cc1NC(=O)NC[C@@H]([C@H]1CCOC1)N1CCCC1. The Morgan fingerprint density at radius 2 is 2.07 bits per heavy atom. The van der Waals surface area contributed by atoms with Gasteiger partial charge in [-0.05, 0) is 50.6 Å². The van der Waals surface area contributed by atoms with Crippen molar-refractivity contribution in [3.63, 3.8) is 0 Å². The van der Waals surface area contributed by atoms with Crippen LogP contribution >= 0.6 is 0 Å². The maximum Gasteiger partial charge on any atom is 0.319 e. The number of urea groups is 1. The molecule has 1 aromatic rings. The molecule has 0 radical (unpaired) electrons. The molecule has 10 heteroatoms. The van der Waals surface area contributed by atoms with Crippen LogP contribution in [0.1, 0.15) is 19.3 Å². The molecule has 2 aliphatic rings. The zero-order chi connectivity index (χ0) is 21.7. The summed E-state index contributed by atoms with van der Waals surface area (Å²) in [6, 6.07) is 4.26. The maximum absolute atomic E-state index is 12.6. The van der Waals surface area contributed by atoms with E-state index in [9.17, 15) is 13.2 Å². The van der Waals surface area contributed by atoms with Crippen molar-refractivity contribution in [2.75, 3.05) is 59.4 Å².